The van der Waals surface area contributed by atoms with Gasteiger partial charge in [0.25, 0.3) is 5.56 Å². The molecule has 0 aromatic heterocycles. The van der Waals surface area contributed by atoms with Gasteiger partial charge in [0, 0.05) is 13.1 Å². The van der Waals surface area contributed by atoms with Crippen molar-refractivity contribution in [2.75, 3.05) is 13.1 Å². The number of aromatic amines is 1. The van der Waals surface area contributed by atoms with E-state index in [1.165, 1.54) is 0 Å². The minimum absolute atomic E-state index is 0.151. The summed E-state index contributed by atoms with van der Waals surface area (Å²) in [5.41, 5.74) is 2.22. The van der Waals surface area contributed by atoms with Crippen molar-refractivity contribution in [2.45, 2.75) is 65.9 Å². The van der Waals surface area contributed by atoms with E-state index in [2.05, 4.69) is 20.3 Å². The number of hydrogen-bond acceptors (Lipinski definition) is 7. The molecule has 1 aromatic rings. The second-order valence-electron chi connectivity index (χ2n) is 8.81. The number of aliphatic hydroxyl groups excluding tert-OH is 1. The summed E-state index contributed by atoms with van der Waals surface area (Å²) in [5, 5.41) is 13.3. The summed E-state index contributed by atoms with van der Waals surface area (Å²) in [6.45, 7) is 11.5. The van der Waals surface area contributed by atoms with Crippen LogP contribution in [0.15, 0.2) is 21.7 Å². The summed E-state index contributed by atoms with van der Waals surface area (Å²) in [4.78, 5) is 34.8. The highest BCUT2D eigenvalue weighted by atomic mass is 16.6. The molecule has 9 heteroatoms. The summed E-state index contributed by atoms with van der Waals surface area (Å²) in [6, 6.07) is 3.94. The highest BCUT2D eigenvalue weighted by Gasteiger charge is 2.19. The van der Waals surface area contributed by atoms with Gasteiger partial charge < -0.3 is 19.7 Å². The number of benzene rings is 1. The van der Waals surface area contributed by atoms with Crippen LogP contribution in [0.2, 0.25) is 0 Å². The third kappa shape index (κ3) is 5.75. The van der Waals surface area contributed by atoms with Gasteiger partial charge in [0.15, 0.2) is 17.8 Å². The zero-order chi connectivity index (χ0) is 22.8. The lowest BCUT2D eigenvalue weighted by molar-refractivity contribution is -0.168. The van der Waals surface area contributed by atoms with Gasteiger partial charge in [-0.05, 0) is 77.3 Å². The second kappa shape index (κ2) is 9.25. The minimum atomic E-state index is -0.790. The van der Waals surface area contributed by atoms with Crippen LogP contribution in [0, 0.1) is 13.8 Å². The van der Waals surface area contributed by atoms with Crippen LogP contribution in [0.1, 0.15) is 44.7 Å². The number of aliphatic hydroxyl groups is 1. The van der Waals surface area contributed by atoms with Gasteiger partial charge >= 0.3 is 5.69 Å². The molecule has 0 radical (unpaired) electrons. The van der Waals surface area contributed by atoms with Crippen molar-refractivity contribution >= 4 is 11.0 Å². The van der Waals surface area contributed by atoms with Crippen LogP contribution in [0.3, 0.4) is 0 Å². The molecule has 3 rings (SSSR count). The fourth-order valence-corrected chi connectivity index (χ4v) is 3.46. The molecule has 0 amide bonds. The summed E-state index contributed by atoms with van der Waals surface area (Å²) in [6.07, 6.45) is 0.496. The predicted octanol–water partition coefficient (Wildman–Crippen LogP) is 1.70. The fourth-order valence-electron chi connectivity index (χ4n) is 3.46. The van der Waals surface area contributed by atoms with E-state index in [0.717, 1.165) is 23.1 Å². The lowest BCUT2D eigenvalue weighted by Crippen LogP contribution is -2.31. The largest absolute Gasteiger partial charge is 0.368 e. The molecule has 1 atom stereocenters. The first-order chi connectivity index (χ1) is 14.5. The summed E-state index contributed by atoms with van der Waals surface area (Å²) >= 11 is 0. The van der Waals surface area contributed by atoms with Crippen LogP contribution in [0.25, 0.3) is 22.6 Å². The number of nitrogens with one attached hydrogen (secondary N) is 2. The topological polar surface area (TPSA) is 122 Å². The van der Waals surface area contributed by atoms with Crippen LogP contribution in [-0.2, 0) is 11.3 Å². The van der Waals surface area contributed by atoms with E-state index in [4.69, 9.17) is 4.74 Å². The van der Waals surface area contributed by atoms with E-state index >= 15 is 0 Å². The molecule has 2 aliphatic rings. The van der Waals surface area contributed by atoms with Gasteiger partial charge in [-0.25, -0.2) is 9.78 Å². The van der Waals surface area contributed by atoms with Crippen LogP contribution >= 0.6 is 0 Å². The average Bonchev–Trinajstić information content (AvgIpc) is 2.64. The molecule has 1 unspecified atom stereocenters. The molecular formula is C22H31N5O4. The number of H-pyrrole nitrogens is 1. The smallest absolute Gasteiger partial charge is 0.349 e. The van der Waals surface area contributed by atoms with E-state index < -0.39 is 17.5 Å². The third-order valence-corrected chi connectivity index (χ3v) is 5.03. The molecule has 2 aliphatic heterocycles. The highest BCUT2D eigenvalue weighted by molar-refractivity contribution is 5.81. The zero-order valence-electron chi connectivity index (χ0n) is 18.8. The van der Waals surface area contributed by atoms with Crippen molar-refractivity contribution in [3.8, 4) is 11.5 Å². The summed E-state index contributed by atoms with van der Waals surface area (Å²) < 4.78 is 7.37. The van der Waals surface area contributed by atoms with Gasteiger partial charge in [-0.3, -0.25) is 9.78 Å². The van der Waals surface area contributed by atoms with Gasteiger partial charge in [0.1, 0.15) is 0 Å². The van der Waals surface area contributed by atoms with Gasteiger partial charge in [0.2, 0.25) is 0 Å². The predicted molar refractivity (Wildman–Crippen MR) is 119 cm³/mol. The first-order valence-corrected chi connectivity index (χ1v) is 10.5. The Morgan fingerprint density at radius 3 is 2.58 bits per heavy atom. The first-order valence-electron chi connectivity index (χ1n) is 10.5. The molecule has 0 saturated carbocycles. The van der Waals surface area contributed by atoms with Gasteiger partial charge in [0.05, 0.1) is 16.6 Å². The Balaban J connectivity index is 1.75. The van der Waals surface area contributed by atoms with Crippen molar-refractivity contribution in [1.29, 1.82) is 0 Å². The number of aromatic nitrogens is 4. The Morgan fingerprint density at radius 2 is 1.87 bits per heavy atom. The van der Waals surface area contributed by atoms with E-state index in [1.807, 2.05) is 51.3 Å². The van der Waals surface area contributed by atoms with Gasteiger partial charge in [-0.15, -0.1) is 0 Å². The number of nitrogens with zero attached hydrogens (tertiary/aromatic N) is 3. The molecule has 0 fully saturated rings. The third-order valence-electron chi connectivity index (χ3n) is 5.03. The number of hydrogen-bond donors (Lipinski definition) is 3. The molecule has 3 N–H and O–H groups in total. The SMILES string of the molecule is Cc1cc2nc3c(=O)[nH]c(=O)nc-3n(CCNCCCC(O)OC(C)(C)C)c2cc1C. The highest BCUT2D eigenvalue weighted by Crippen LogP contribution is 2.23. The lowest BCUT2D eigenvalue weighted by Gasteiger charge is -2.24. The minimum Gasteiger partial charge on any atom is -0.368 e. The van der Waals surface area contributed by atoms with Crippen molar-refractivity contribution < 1.29 is 9.84 Å². The lowest BCUT2D eigenvalue weighted by atomic mass is 10.1. The van der Waals surface area contributed by atoms with Crippen molar-refractivity contribution in [3.05, 3.63) is 44.1 Å². The van der Waals surface area contributed by atoms with Crippen molar-refractivity contribution in [3.63, 3.8) is 0 Å². The Hall–Kier alpha value is -2.62. The zero-order valence-corrected chi connectivity index (χ0v) is 18.8. The first kappa shape index (κ1) is 23.1. The molecule has 0 saturated heterocycles. The standard InChI is InChI=1S/C22H31N5O4/c1-13-11-15-16(12-14(13)2)27(19-18(24-15)20(29)26-21(30)25-19)10-9-23-8-6-7-17(28)31-22(3,4)5/h11-12,17,23,28H,6-10H2,1-5H3,(H,26,29,30). The fraction of sp³-hybridized carbons (Fsp3) is 0.545. The molecule has 2 heterocycles. The van der Waals surface area contributed by atoms with Gasteiger partial charge in [-0.1, -0.05) is 0 Å². The van der Waals surface area contributed by atoms with E-state index in [1.54, 1.807) is 0 Å². The average molecular weight is 430 g/mol. The molecule has 9 nitrogen and oxygen atoms in total. The Morgan fingerprint density at radius 1 is 1.16 bits per heavy atom. The molecule has 0 spiro atoms. The number of ether oxygens (including phenoxy) is 1. The van der Waals surface area contributed by atoms with E-state index in [9.17, 15) is 14.7 Å². The van der Waals surface area contributed by atoms with Crippen LogP contribution in [0.5, 0.6) is 0 Å². The van der Waals surface area contributed by atoms with Crippen LogP contribution in [-0.4, -0.2) is 49.6 Å². The van der Waals surface area contributed by atoms with E-state index in [-0.39, 0.29) is 17.1 Å². The normalized spacial score (nSPS) is 13.2. The Kier molecular flexibility index (Phi) is 6.88. The maximum atomic E-state index is 12.3. The van der Waals surface area contributed by atoms with Crippen molar-refractivity contribution in [2.24, 2.45) is 0 Å². The Bertz CT molecular complexity index is 1150. The summed E-state index contributed by atoms with van der Waals surface area (Å²) in [7, 11) is 0. The van der Waals surface area contributed by atoms with Crippen molar-refractivity contribution in [1.82, 2.24) is 24.8 Å². The van der Waals surface area contributed by atoms with Crippen LogP contribution in [0.4, 0.5) is 0 Å². The number of rotatable bonds is 8. The monoisotopic (exact) mass is 429 g/mol. The molecule has 1 aromatic carbocycles. The number of aryl methyl sites for hydroxylation is 2. The molecule has 0 aliphatic carbocycles. The maximum Gasteiger partial charge on any atom is 0.349 e. The maximum absolute atomic E-state index is 12.3. The van der Waals surface area contributed by atoms with Gasteiger partial charge in [-0.2, -0.15) is 4.98 Å². The van der Waals surface area contributed by atoms with E-state index in [0.29, 0.717) is 31.6 Å². The Labute approximate surface area is 180 Å². The van der Waals surface area contributed by atoms with Crippen LogP contribution < -0.4 is 16.6 Å². The second-order valence-corrected chi connectivity index (χ2v) is 8.81. The number of fused-ring (bicyclic) bond motifs is 2. The quantitative estimate of drug-likeness (QED) is 0.283. The summed E-state index contributed by atoms with van der Waals surface area (Å²) in [5.74, 6) is 0.278. The molecule has 168 valence electrons. The molecule has 0 bridgehead atoms. The molecular weight excluding hydrogens is 398 g/mol. The molecule has 31 heavy (non-hydrogen) atoms.